The monoisotopic (exact) mass is 956 g/mol. The first kappa shape index (κ1) is 53.3. The van der Waals surface area contributed by atoms with Crippen LogP contribution in [0, 0.1) is 10.8 Å². The van der Waals surface area contributed by atoms with Gasteiger partial charge in [-0.25, -0.2) is 0 Å². The number of nitrogens with one attached hydrogen (secondary N) is 4. The maximum Gasteiger partial charge on any atom is 0.416 e. The highest BCUT2D eigenvalue weighted by Gasteiger charge is 2.35. The minimum absolute atomic E-state index is 0.0130. The Labute approximate surface area is 392 Å². The van der Waals surface area contributed by atoms with E-state index in [0.29, 0.717) is 102 Å². The van der Waals surface area contributed by atoms with Gasteiger partial charge >= 0.3 is 12.4 Å². The van der Waals surface area contributed by atoms with Crippen LogP contribution in [-0.2, 0) is 70.1 Å². The van der Waals surface area contributed by atoms with Crippen molar-refractivity contribution in [1.29, 1.82) is 10.8 Å². The molecular formula is C50H62F6N6O6. The molecular weight excluding hydrogens is 895 g/mol. The van der Waals surface area contributed by atoms with Crippen LogP contribution in [-0.4, -0.2) is 73.2 Å². The largest absolute Gasteiger partial charge is 0.488 e. The number of ketones is 4. The van der Waals surface area contributed by atoms with Crippen LogP contribution in [0.15, 0.2) is 48.5 Å². The fourth-order valence-corrected chi connectivity index (χ4v) is 8.47. The number of halogens is 6. The quantitative estimate of drug-likeness (QED) is 0.0179. The molecule has 0 saturated carbocycles. The second kappa shape index (κ2) is 25.1. The van der Waals surface area contributed by atoms with Gasteiger partial charge in [-0.3, -0.25) is 30.0 Å². The summed E-state index contributed by atoms with van der Waals surface area (Å²) in [5.41, 5.74) is 9.93. The molecule has 2 heterocycles. The smallest absolute Gasteiger partial charge is 0.416 e. The van der Waals surface area contributed by atoms with Crippen LogP contribution in [0.25, 0.3) is 0 Å². The summed E-state index contributed by atoms with van der Waals surface area (Å²) < 4.78 is 98.1. The van der Waals surface area contributed by atoms with E-state index in [1.54, 1.807) is 24.3 Å². The van der Waals surface area contributed by atoms with E-state index in [4.69, 9.17) is 31.8 Å². The number of benzene rings is 3. The van der Waals surface area contributed by atoms with E-state index in [1.807, 2.05) is 0 Å². The lowest BCUT2D eigenvalue weighted by atomic mass is 9.93. The molecule has 0 aromatic heterocycles. The fraction of sp³-hybridized carbons (Fsp3) is 0.520. The van der Waals surface area contributed by atoms with Gasteiger partial charge in [-0.2, -0.15) is 26.3 Å². The number of alkyl halides is 6. The number of rotatable bonds is 28. The summed E-state index contributed by atoms with van der Waals surface area (Å²) in [6.45, 7) is 2.13. The number of hydrogen-bond donors (Lipinski definition) is 6. The topological polar surface area (TPSA) is 211 Å². The maximum atomic E-state index is 14.3. The van der Waals surface area contributed by atoms with E-state index in [2.05, 4.69) is 10.6 Å². The van der Waals surface area contributed by atoms with Crippen molar-refractivity contribution in [2.24, 2.45) is 11.5 Å². The molecule has 5 rings (SSSR count). The summed E-state index contributed by atoms with van der Waals surface area (Å²) in [4.78, 5) is 53.4. The van der Waals surface area contributed by atoms with Crippen molar-refractivity contribution in [2.45, 2.75) is 140 Å². The predicted octanol–water partition coefficient (Wildman–Crippen LogP) is 7.91. The summed E-state index contributed by atoms with van der Waals surface area (Å²) in [6, 6.07) is 10.0. The van der Waals surface area contributed by atoms with Gasteiger partial charge in [0.2, 0.25) is 0 Å². The SMILES string of the molecule is N=C(N)CCCCCC(=O)Cc1cc(C(F)(F)F)cc(CC(=O)Cc2ccc(CC(=O)Cc3cc(C(F)(F)F)cc(CC(=O)CCCCCC(=N)N)c3OC3CCNC3)cc2)c1OC1CCNC1. The molecule has 3 aromatic rings. The lowest BCUT2D eigenvalue weighted by Crippen LogP contribution is -2.23. The third-order valence-electron chi connectivity index (χ3n) is 11.9. The van der Waals surface area contributed by atoms with Crippen molar-refractivity contribution < 1.29 is 55.0 Å². The van der Waals surface area contributed by atoms with Gasteiger partial charge in [0.05, 0.1) is 22.8 Å². The number of amidine groups is 2. The number of hydrogen-bond acceptors (Lipinski definition) is 10. The highest BCUT2D eigenvalue weighted by atomic mass is 19.4. The van der Waals surface area contributed by atoms with Gasteiger partial charge in [-0.05, 0) is 87.0 Å². The molecule has 3 aromatic carbocycles. The predicted molar refractivity (Wildman–Crippen MR) is 245 cm³/mol. The third-order valence-corrected chi connectivity index (χ3v) is 11.9. The maximum absolute atomic E-state index is 14.3. The van der Waals surface area contributed by atoms with E-state index < -0.39 is 47.9 Å². The van der Waals surface area contributed by atoms with Crippen LogP contribution in [0.2, 0.25) is 0 Å². The molecule has 18 heteroatoms. The zero-order valence-corrected chi connectivity index (χ0v) is 38.2. The molecule has 0 spiro atoms. The molecule has 0 bridgehead atoms. The zero-order valence-electron chi connectivity index (χ0n) is 38.2. The molecule has 2 saturated heterocycles. The Hall–Kier alpha value is -5.62. The van der Waals surface area contributed by atoms with E-state index in [0.717, 1.165) is 24.3 Å². The van der Waals surface area contributed by atoms with Crippen LogP contribution in [0.1, 0.15) is 122 Å². The lowest BCUT2D eigenvalue weighted by Gasteiger charge is -2.22. The van der Waals surface area contributed by atoms with Gasteiger partial charge in [0, 0.05) is 99.6 Å². The third kappa shape index (κ3) is 17.5. The van der Waals surface area contributed by atoms with Crippen molar-refractivity contribution in [3.05, 3.63) is 93.0 Å². The molecule has 12 nitrogen and oxygen atoms in total. The summed E-state index contributed by atoms with van der Waals surface area (Å²) in [5, 5.41) is 21.0. The Morgan fingerprint density at radius 3 is 1.13 bits per heavy atom. The average molecular weight is 957 g/mol. The van der Waals surface area contributed by atoms with Gasteiger partial charge in [0.15, 0.2) is 0 Å². The Kier molecular flexibility index (Phi) is 19.7. The molecule has 2 fully saturated rings. The first-order valence-electron chi connectivity index (χ1n) is 23.2. The van der Waals surface area contributed by atoms with Crippen molar-refractivity contribution >= 4 is 34.8 Å². The van der Waals surface area contributed by atoms with Crippen molar-refractivity contribution in [3.63, 3.8) is 0 Å². The molecule has 2 aliphatic rings. The lowest BCUT2D eigenvalue weighted by molar-refractivity contribution is -0.138. The first-order valence-corrected chi connectivity index (χ1v) is 23.2. The van der Waals surface area contributed by atoms with Crippen molar-refractivity contribution in [1.82, 2.24) is 10.6 Å². The number of carbonyl (C=O) groups excluding carboxylic acids is 4. The minimum Gasteiger partial charge on any atom is -0.488 e. The second-order valence-corrected chi connectivity index (χ2v) is 17.9. The normalized spacial score (nSPS) is 16.1. The van der Waals surface area contributed by atoms with Crippen LogP contribution in [0.5, 0.6) is 11.5 Å². The Morgan fingerprint density at radius 1 is 0.515 bits per heavy atom. The fourth-order valence-electron chi connectivity index (χ4n) is 8.47. The van der Waals surface area contributed by atoms with Crippen LogP contribution in [0.4, 0.5) is 26.3 Å². The second-order valence-electron chi connectivity index (χ2n) is 17.9. The molecule has 2 unspecified atom stereocenters. The van der Waals surface area contributed by atoms with Crippen LogP contribution in [0.3, 0.4) is 0 Å². The van der Waals surface area contributed by atoms with Gasteiger partial charge < -0.3 is 31.6 Å². The molecule has 2 aliphatic heterocycles. The Balaban J connectivity index is 1.29. The van der Waals surface area contributed by atoms with Crippen molar-refractivity contribution in [3.8, 4) is 11.5 Å². The number of carbonyl (C=O) groups is 4. The summed E-state index contributed by atoms with van der Waals surface area (Å²) in [5.74, 6) is -1.18. The molecule has 8 N–H and O–H groups in total. The molecule has 0 aliphatic carbocycles. The molecule has 370 valence electrons. The summed E-state index contributed by atoms with van der Waals surface area (Å²) in [7, 11) is 0. The standard InChI is InChI=1S/C50H62F6N6O6/c51-49(52,53)37-21-33(25-39(63)7-3-1-5-9-45(57)58)47(67-43-15-17-61-29-43)35(23-37)27-41(65)19-31-11-13-32(14-12-31)20-42(66)28-36-24-38(50(54,55)56)22-34(48(36)68-44-16-18-62-30-44)26-40(64)8-4-2-6-10-46(59)60/h11-14,21-24,43-44,61-62H,1-10,15-20,25-30H2,(H3,57,58)(H3,59,60). The Morgan fingerprint density at radius 2 is 0.838 bits per heavy atom. The highest BCUT2D eigenvalue weighted by Crippen LogP contribution is 2.39. The van der Waals surface area contributed by atoms with E-state index >= 15 is 0 Å². The van der Waals surface area contributed by atoms with Crippen molar-refractivity contribution in [2.75, 3.05) is 26.2 Å². The average Bonchev–Trinajstić information content (AvgIpc) is 3.97. The van der Waals surface area contributed by atoms with Crippen LogP contribution < -0.4 is 31.6 Å². The van der Waals surface area contributed by atoms with Gasteiger partial charge in [0.25, 0.3) is 0 Å². The molecule has 0 amide bonds. The molecule has 68 heavy (non-hydrogen) atoms. The summed E-state index contributed by atoms with van der Waals surface area (Å²) in [6.07, 6.45) is -6.56. The van der Waals surface area contributed by atoms with Gasteiger partial charge in [-0.1, -0.05) is 37.1 Å². The number of nitrogens with two attached hydrogens (primary N) is 2. The van der Waals surface area contributed by atoms with Gasteiger partial charge in [0.1, 0.15) is 46.8 Å². The van der Waals surface area contributed by atoms with E-state index in [9.17, 15) is 45.5 Å². The number of Topliss-reactive ketones (excluding diaryl/α,β-unsaturated/α-hetero) is 4. The van der Waals surface area contributed by atoms with Crippen LogP contribution >= 0.6 is 0 Å². The van der Waals surface area contributed by atoms with Gasteiger partial charge in [-0.15, -0.1) is 0 Å². The Bertz CT molecular complexity index is 2100. The molecule has 2 atom stereocenters. The summed E-state index contributed by atoms with van der Waals surface area (Å²) >= 11 is 0. The number of unbranched alkanes of at least 4 members (excludes halogenated alkanes) is 4. The van der Waals surface area contributed by atoms with E-state index in [1.165, 1.54) is 0 Å². The zero-order chi connectivity index (χ0) is 49.4. The highest BCUT2D eigenvalue weighted by molar-refractivity contribution is 5.87. The number of ether oxygens (including phenoxy) is 2. The first-order chi connectivity index (χ1) is 32.2. The van der Waals surface area contributed by atoms with E-state index in [-0.39, 0.29) is 108 Å². The minimum atomic E-state index is -4.77. The molecule has 0 radical (unpaired) electrons.